The van der Waals surface area contributed by atoms with E-state index < -0.39 is 0 Å². The summed E-state index contributed by atoms with van der Waals surface area (Å²) in [6, 6.07) is 15.7. The van der Waals surface area contributed by atoms with Gasteiger partial charge in [0.05, 0.1) is 15.8 Å². The van der Waals surface area contributed by atoms with Gasteiger partial charge < -0.3 is 9.80 Å². The van der Waals surface area contributed by atoms with Crippen LogP contribution in [-0.4, -0.2) is 46.5 Å². The number of rotatable bonds is 6. The van der Waals surface area contributed by atoms with Crippen LogP contribution in [-0.2, 0) is 10.2 Å². The quantitative estimate of drug-likeness (QED) is 0.552. The van der Waals surface area contributed by atoms with Crippen LogP contribution in [0.1, 0.15) is 61.5 Å². The fraction of sp³-hybridized carbons (Fsp3) is 0.440. The van der Waals surface area contributed by atoms with Crippen LogP contribution < -0.4 is 0 Å². The number of halogens is 1. The van der Waals surface area contributed by atoms with Gasteiger partial charge in [-0.25, -0.2) is 0 Å². The smallest absolute Gasteiger partial charge is 0.255 e. The topological polar surface area (TPSA) is 40.6 Å². The lowest BCUT2D eigenvalue weighted by Crippen LogP contribution is -2.40. The van der Waals surface area contributed by atoms with Crippen molar-refractivity contribution in [2.45, 2.75) is 50.7 Å². The van der Waals surface area contributed by atoms with Gasteiger partial charge in [-0.3, -0.25) is 9.59 Å². The predicted octanol–water partition coefficient (Wildman–Crippen LogP) is 5.76. The summed E-state index contributed by atoms with van der Waals surface area (Å²) in [4.78, 5) is 29.5. The number of carbonyl (C=O) groups is 2. The van der Waals surface area contributed by atoms with Crippen LogP contribution in [0.3, 0.4) is 0 Å². The molecule has 3 rings (SSSR count). The lowest BCUT2D eigenvalue weighted by atomic mass is 9.86. The fourth-order valence-electron chi connectivity index (χ4n) is 3.74. The Kier molecular flexibility index (Phi) is 7.38. The molecule has 1 fully saturated rings. The Labute approximate surface area is 194 Å². The van der Waals surface area contributed by atoms with Crippen molar-refractivity contribution in [3.05, 3.63) is 70.2 Å². The molecule has 1 aliphatic heterocycles. The monoisotopic (exact) mass is 458 g/mol. The number of likely N-dealkylation sites (N-methyl/N-ethyl adjacent to an activating group) is 1. The van der Waals surface area contributed by atoms with Gasteiger partial charge >= 0.3 is 0 Å². The highest BCUT2D eigenvalue weighted by atomic mass is 35.5. The van der Waals surface area contributed by atoms with Gasteiger partial charge in [0.15, 0.2) is 0 Å². The summed E-state index contributed by atoms with van der Waals surface area (Å²) in [7, 11) is 0. The number of hydrogen-bond donors (Lipinski definition) is 0. The summed E-state index contributed by atoms with van der Waals surface area (Å²) >= 11 is 7.89. The summed E-state index contributed by atoms with van der Waals surface area (Å²) < 4.78 is 0. The standard InChI is InChI=1S/C25H31ClN2O2S/c1-6-27(23(30)20-9-7-8-10-21(20)26)15-16-28-22(29)17(2)31-24(28)18-11-13-19(14-12-18)25(3,4)5/h7-14,17,24H,6,15-16H2,1-5H3/t17-,24-/m0/s1. The maximum atomic E-state index is 13.0. The first kappa shape index (κ1) is 23.7. The molecule has 0 aromatic heterocycles. The van der Waals surface area contributed by atoms with E-state index in [1.54, 1.807) is 28.8 Å². The van der Waals surface area contributed by atoms with Crippen molar-refractivity contribution in [1.82, 2.24) is 9.80 Å². The largest absolute Gasteiger partial charge is 0.337 e. The van der Waals surface area contributed by atoms with Crippen LogP contribution in [0, 0.1) is 0 Å². The first-order chi connectivity index (χ1) is 14.6. The van der Waals surface area contributed by atoms with E-state index in [0.717, 1.165) is 5.56 Å². The molecule has 0 spiro atoms. The van der Waals surface area contributed by atoms with Gasteiger partial charge in [-0.05, 0) is 42.5 Å². The highest BCUT2D eigenvalue weighted by molar-refractivity contribution is 8.01. The number of nitrogens with zero attached hydrogens (tertiary/aromatic N) is 2. The maximum Gasteiger partial charge on any atom is 0.255 e. The second-order valence-electron chi connectivity index (χ2n) is 8.90. The average molecular weight is 459 g/mol. The highest BCUT2D eigenvalue weighted by Crippen LogP contribution is 2.43. The zero-order valence-corrected chi connectivity index (χ0v) is 20.5. The summed E-state index contributed by atoms with van der Waals surface area (Å²) in [5.74, 6) is 0.0164. The third-order valence-corrected chi connectivity index (χ3v) is 7.42. The van der Waals surface area contributed by atoms with E-state index in [0.29, 0.717) is 30.2 Å². The molecule has 2 aromatic rings. The molecule has 0 aliphatic carbocycles. The maximum absolute atomic E-state index is 13.0. The predicted molar refractivity (Wildman–Crippen MR) is 130 cm³/mol. The Balaban J connectivity index is 1.75. The van der Waals surface area contributed by atoms with Crippen molar-refractivity contribution in [1.29, 1.82) is 0 Å². The van der Waals surface area contributed by atoms with E-state index in [2.05, 4.69) is 45.0 Å². The number of thioether (sulfide) groups is 1. The lowest BCUT2D eigenvalue weighted by molar-refractivity contribution is -0.130. The number of hydrogen-bond acceptors (Lipinski definition) is 3. The second kappa shape index (κ2) is 9.66. The second-order valence-corrected chi connectivity index (χ2v) is 10.7. The SMILES string of the molecule is CCN(CCN1C(=O)[C@H](C)S[C@H]1c1ccc(C(C)(C)C)cc1)C(=O)c1ccccc1Cl. The van der Waals surface area contributed by atoms with Crippen molar-refractivity contribution in [2.75, 3.05) is 19.6 Å². The van der Waals surface area contributed by atoms with E-state index in [4.69, 9.17) is 11.6 Å². The highest BCUT2D eigenvalue weighted by Gasteiger charge is 2.38. The average Bonchev–Trinajstić information content (AvgIpc) is 3.02. The van der Waals surface area contributed by atoms with Gasteiger partial charge in [0.1, 0.15) is 5.37 Å². The molecule has 1 heterocycles. The van der Waals surface area contributed by atoms with Crippen LogP contribution in [0.5, 0.6) is 0 Å². The Hall–Kier alpha value is -1.98. The Morgan fingerprint density at radius 2 is 1.77 bits per heavy atom. The molecule has 0 radical (unpaired) electrons. The summed E-state index contributed by atoms with van der Waals surface area (Å²) in [6.07, 6.45) is 0. The molecular formula is C25H31ClN2O2S. The molecule has 0 unspecified atom stereocenters. The first-order valence-electron chi connectivity index (χ1n) is 10.7. The number of benzene rings is 2. The molecule has 4 nitrogen and oxygen atoms in total. The zero-order chi connectivity index (χ0) is 22.8. The molecule has 0 N–H and O–H groups in total. The zero-order valence-electron chi connectivity index (χ0n) is 18.9. The molecule has 1 aliphatic rings. The first-order valence-corrected chi connectivity index (χ1v) is 12.1. The van der Waals surface area contributed by atoms with Gasteiger partial charge in [-0.2, -0.15) is 0 Å². The van der Waals surface area contributed by atoms with Gasteiger partial charge in [-0.15, -0.1) is 11.8 Å². The lowest BCUT2D eigenvalue weighted by Gasteiger charge is -2.29. The molecule has 2 aromatic carbocycles. The Morgan fingerprint density at radius 1 is 1.13 bits per heavy atom. The molecule has 6 heteroatoms. The summed E-state index contributed by atoms with van der Waals surface area (Å²) in [6.45, 7) is 12.0. The fourth-order valence-corrected chi connectivity index (χ4v) is 5.27. The van der Waals surface area contributed by atoms with Crippen LogP contribution in [0.4, 0.5) is 0 Å². The van der Waals surface area contributed by atoms with Crippen molar-refractivity contribution >= 4 is 35.2 Å². The number of amides is 2. The number of carbonyl (C=O) groups excluding carboxylic acids is 2. The minimum absolute atomic E-state index is 0.0364. The van der Waals surface area contributed by atoms with E-state index in [1.165, 1.54) is 5.56 Å². The summed E-state index contributed by atoms with van der Waals surface area (Å²) in [5.41, 5.74) is 2.98. The van der Waals surface area contributed by atoms with Crippen molar-refractivity contribution in [3.63, 3.8) is 0 Å². The van der Waals surface area contributed by atoms with Crippen molar-refractivity contribution in [3.8, 4) is 0 Å². The third kappa shape index (κ3) is 5.27. The molecule has 166 valence electrons. The van der Waals surface area contributed by atoms with Gasteiger partial charge in [0.25, 0.3) is 5.91 Å². The van der Waals surface area contributed by atoms with Crippen LogP contribution in [0.25, 0.3) is 0 Å². The van der Waals surface area contributed by atoms with E-state index in [9.17, 15) is 9.59 Å². The molecule has 2 atom stereocenters. The van der Waals surface area contributed by atoms with Gasteiger partial charge in [0, 0.05) is 19.6 Å². The van der Waals surface area contributed by atoms with Crippen molar-refractivity contribution in [2.24, 2.45) is 0 Å². The van der Waals surface area contributed by atoms with Crippen LogP contribution in [0.15, 0.2) is 48.5 Å². The molecule has 1 saturated heterocycles. The minimum Gasteiger partial charge on any atom is -0.337 e. The van der Waals surface area contributed by atoms with Crippen molar-refractivity contribution < 1.29 is 9.59 Å². The van der Waals surface area contributed by atoms with E-state index in [-0.39, 0.29) is 27.9 Å². The Bertz CT molecular complexity index is 939. The minimum atomic E-state index is -0.105. The molecule has 0 bridgehead atoms. The van der Waals surface area contributed by atoms with E-state index >= 15 is 0 Å². The Morgan fingerprint density at radius 3 is 2.35 bits per heavy atom. The van der Waals surface area contributed by atoms with Gasteiger partial charge in [0.2, 0.25) is 5.91 Å². The van der Waals surface area contributed by atoms with Crippen LogP contribution >= 0.6 is 23.4 Å². The van der Waals surface area contributed by atoms with Gasteiger partial charge in [-0.1, -0.05) is 68.8 Å². The third-order valence-electron chi connectivity index (χ3n) is 5.69. The molecule has 0 saturated carbocycles. The summed E-state index contributed by atoms with van der Waals surface area (Å²) in [5, 5.41) is 0.316. The normalized spacial score (nSPS) is 19.0. The molecule has 31 heavy (non-hydrogen) atoms. The van der Waals surface area contributed by atoms with Crippen LogP contribution in [0.2, 0.25) is 5.02 Å². The molecule has 2 amide bonds. The molecular weight excluding hydrogens is 428 g/mol. The van der Waals surface area contributed by atoms with E-state index in [1.807, 2.05) is 30.9 Å².